The number of nitrogens with zero attached hydrogens (tertiary/aromatic N) is 1. The van der Waals surface area contributed by atoms with Gasteiger partial charge in [-0.1, -0.05) is 59.1 Å². The Balaban J connectivity index is 1.88. The lowest BCUT2D eigenvalue weighted by molar-refractivity contribution is -0.116. The first-order valence-corrected chi connectivity index (χ1v) is 11.3. The van der Waals surface area contributed by atoms with E-state index >= 15 is 0 Å². The van der Waals surface area contributed by atoms with E-state index in [1.165, 1.54) is 24.3 Å². The summed E-state index contributed by atoms with van der Waals surface area (Å²) >= 11 is 11.8. The number of aryl methyl sites for hydroxylation is 1. The predicted molar refractivity (Wildman–Crippen MR) is 120 cm³/mol. The second-order valence-electron chi connectivity index (χ2n) is 6.77. The summed E-state index contributed by atoms with van der Waals surface area (Å²) in [5.74, 6) is -0.470. The number of rotatable bonds is 7. The molecule has 0 aliphatic rings. The highest BCUT2D eigenvalue weighted by Crippen LogP contribution is 2.21. The Hall–Kier alpha value is -2.38. The monoisotopic (exact) mass is 462 g/mol. The zero-order valence-electron chi connectivity index (χ0n) is 16.2. The molecule has 0 spiro atoms. The minimum atomic E-state index is -3.94. The molecule has 0 atom stereocenters. The van der Waals surface area contributed by atoms with Crippen molar-refractivity contribution in [3.05, 3.63) is 94.0 Å². The highest BCUT2D eigenvalue weighted by atomic mass is 35.5. The van der Waals surface area contributed by atoms with Crippen LogP contribution in [-0.2, 0) is 21.4 Å². The first kappa shape index (κ1) is 22.3. The Morgan fingerprint density at radius 1 is 0.933 bits per heavy atom. The Kier molecular flexibility index (Phi) is 7.15. The summed E-state index contributed by atoms with van der Waals surface area (Å²) in [4.78, 5) is 12.7. The van der Waals surface area contributed by atoms with Crippen LogP contribution in [0.3, 0.4) is 0 Å². The van der Waals surface area contributed by atoms with Crippen LogP contribution in [-0.4, -0.2) is 25.2 Å². The summed E-state index contributed by atoms with van der Waals surface area (Å²) in [6, 6.07) is 20.0. The fraction of sp³-hybridized carbons (Fsp3) is 0.136. The van der Waals surface area contributed by atoms with Crippen molar-refractivity contribution in [3.8, 4) is 0 Å². The predicted octanol–water partition coefficient (Wildman–Crippen LogP) is 5.13. The topological polar surface area (TPSA) is 66.5 Å². The molecule has 156 valence electrons. The third-order valence-corrected chi connectivity index (χ3v) is 6.61. The van der Waals surface area contributed by atoms with Gasteiger partial charge >= 0.3 is 0 Å². The molecule has 30 heavy (non-hydrogen) atoms. The number of anilines is 1. The molecule has 0 saturated carbocycles. The maximum atomic E-state index is 13.3. The van der Waals surface area contributed by atoms with Gasteiger partial charge in [-0.05, 0) is 55.0 Å². The molecule has 0 fully saturated rings. The average Bonchev–Trinajstić information content (AvgIpc) is 2.68. The van der Waals surface area contributed by atoms with E-state index in [1.807, 2.05) is 31.2 Å². The van der Waals surface area contributed by atoms with Crippen LogP contribution in [0, 0.1) is 6.92 Å². The Morgan fingerprint density at radius 2 is 1.63 bits per heavy atom. The summed E-state index contributed by atoms with van der Waals surface area (Å²) in [5, 5.41) is 3.59. The van der Waals surface area contributed by atoms with Crippen LogP contribution in [0.1, 0.15) is 11.1 Å². The number of sulfonamides is 1. The summed E-state index contributed by atoms with van der Waals surface area (Å²) < 4.78 is 27.7. The molecule has 0 unspecified atom stereocenters. The molecule has 0 bridgehead atoms. The molecule has 1 N–H and O–H groups in total. The van der Waals surface area contributed by atoms with E-state index in [1.54, 1.807) is 24.3 Å². The van der Waals surface area contributed by atoms with Crippen molar-refractivity contribution in [2.24, 2.45) is 0 Å². The highest BCUT2D eigenvalue weighted by Gasteiger charge is 2.27. The summed E-state index contributed by atoms with van der Waals surface area (Å²) in [6.45, 7) is 1.62. The molecule has 3 rings (SSSR count). The molecule has 0 saturated heterocycles. The maximum absolute atomic E-state index is 13.3. The third kappa shape index (κ3) is 5.83. The van der Waals surface area contributed by atoms with E-state index in [9.17, 15) is 13.2 Å². The van der Waals surface area contributed by atoms with Crippen LogP contribution in [0.5, 0.6) is 0 Å². The number of amides is 1. The van der Waals surface area contributed by atoms with Crippen molar-refractivity contribution in [2.45, 2.75) is 18.4 Å². The normalized spacial score (nSPS) is 11.5. The zero-order chi connectivity index (χ0) is 21.7. The van der Waals surface area contributed by atoms with Crippen LogP contribution in [0.15, 0.2) is 77.7 Å². The smallest absolute Gasteiger partial charge is 0.243 e. The first-order valence-electron chi connectivity index (χ1n) is 9.11. The molecule has 8 heteroatoms. The molecular formula is C22H20Cl2N2O3S. The number of halogens is 2. The second kappa shape index (κ2) is 9.62. The number of carbonyl (C=O) groups excluding carboxylic acids is 1. The SMILES string of the molecule is Cc1cccc(CN(CC(=O)Nc2cccc(Cl)c2)S(=O)(=O)c2ccc(Cl)cc2)c1. The third-order valence-electron chi connectivity index (χ3n) is 4.32. The van der Waals surface area contributed by atoms with E-state index in [-0.39, 0.29) is 18.0 Å². The minimum absolute atomic E-state index is 0.0512. The van der Waals surface area contributed by atoms with Gasteiger partial charge in [-0.3, -0.25) is 4.79 Å². The van der Waals surface area contributed by atoms with Crippen molar-refractivity contribution in [3.63, 3.8) is 0 Å². The fourth-order valence-corrected chi connectivity index (χ4v) is 4.62. The van der Waals surface area contributed by atoms with Crippen LogP contribution in [0.25, 0.3) is 0 Å². The van der Waals surface area contributed by atoms with Crippen molar-refractivity contribution in [1.29, 1.82) is 0 Å². The summed E-state index contributed by atoms with van der Waals surface area (Å²) in [7, 11) is -3.94. The summed E-state index contributed by atoms with van der Waals surface area (Å²) in [5.41, 5.74) is 2.27. The number of carbonyl (C=O) groups is 1. The molecule has 0 aliphatic heterocycles. The minimum Gasteiger partial charge on any atom is -0.325 e. The highest BCUT2D eigenvalue weighted by molar-refractivity contribution is 7.89. The Labute approximate surface area is 186 Å². The van der Waals surface area contributed by atoms with Gasteiger partial charge in [0.25, 0.3) is 0 Å². The lowest BCUT2D eigenvalue weighted by atomic mass is 10.1. The van der Waals surface area contributed by atoms with Gasteiger partial charge in [0.2, 0.25) is 15.9 Å². The zero-order valence-corrected chi connectivity index (χ0v) is 18.5. The van der Waals surface area contributed by atoms with Gasteiger partial charge in [0.15, 0.2) is 0 Å². The van der Waals surface area contributed by atoms with Gasteiger partial charge in [0, 0.05) is 22.3 Å². The van der Waals surface area contributed by atoms with Gasteiger partial charge in [0.1, 0.15) is 0 Å². The lowest BCUT2D eigenvalue weighted by Gasteiger charge is -2.22. The van der Waals surface area contributed by atoms with E-state index in [0.717, 1.165) is 15.4 Å². The number of hydrogen-bond acceptors (Lipinski definition) is 3. The molecule has 3 aromatic rings. The maximum Gasteiger partial charge on any atom is 0.243 e. The largest absolute Gasteiger partial charge is 0.325 e. The molecule has 3 aromatic carbocycles. The molecule has 0 aliphatic carbocycles. The van der Waals surface area contributed by atoms with Gasteiger partial charge in [0.05, 0.1) is 11.4 Å². The molecule has 0 heterocycles. The molecule has 0 aromatic heterocycles. The van der Waals surface area contributed by atoms with Crippen LogP contribution >= 0.6 is 23.2 Å². The average molecular weight is 463 g/mol. The Morgan fingerprint density at radius 3 is 2.30 bits per heavy atom. The van der Waals surface area contributed by atoms with Crippen LogP contribution in [0.2, 0.25) is 10.0 Å². The quantitative estimate of drug-likeness (QED) is 0.528. The van der Waals surface area contributed by atoms with Crippen LogP contribution < -0.4 is 5.32 Å². The second-order valence-corrected chi connectivity index (χ2v) is 9.59. The summed E-state index contributed by atoms with van der Waals surface area (Å²) in [6.07, 6.45) is 0. The van der Waals surface area contributed by atoms with E-state index < -0.39 is 15.9 Å². The standard InChI is InChI=1S/C22H20Cl2N2O3S/c1-16-4-2-5-17(12-16)14-26(30(28,29)21-10-8-18(23)9-11-21)15-22(27)25-20-7-3-6-19(24)13-20/h2-13H,14-15H2,1H3,(H,25,27). The van der Waals surface area contributed by atoms with Crippen molar-refractivity contribution in [1.82, 2.24) is 4.31 Å². The molecule has 1 amide bonds. The van der Waals surface area contributed by atoms with Crippen molar-refractivity contribution < 1.29 is 13.2 Å². The van der Waals surface area contributed by atoms with Gasteiger partial charge in [-0.25, -0.2) is 8.42 Å². The lowest BCUT2D eigenvalue weighted by Crippen LogP contribution is -2.37. The first-order chi connectivity index (χ1) is 14.2. The van der Waals surface area contributed by atoms with E-state index in [2.05, 4.69) is 5.32 Å². The van der Waals surface area contributed by atoms with Gasteiger partial charge in [-0.2, -0.15) is 4.31 Å². The Bertz CT molecular complexity index is 1150. The van der Waals surface area contributed by atoms with Crippen molar-refractivity contribution in [2.75, 3.05) is 11.9 Å². The van der Waals surface area contributed by atoms with Gasteiger partial charge in [-0.15, -0.1) is 0 Å². The molecule has 5 nitrogen and oxygen atoms in total. The van der Waals surface area contributed by atoms with E-state index in [4.69, 9.17) is 23.2 Å². The fourth-order valence-electron chi connectivity index (χ4n) is 2.92. The molecule has 0 radical (unpaired) electrons. The molecular weight excluding hydrogens is 443 g/mol. The van der Waals surface area contributed by atoms with Crippen LogP contribution in [0.4, 0.5) is 5.69 Å². The van der Waals surface area contributed by atoms with Crippen molar-refractivity contribution >= 4 is 44.8 Å². The number of nitrogens with one attached hydrogen (secondary N) is 1. The van der Waals surface area contributed by atoms with Gasteiger partial charge < -0.3 is 5.32 Å². The number of hydrogen-bond donors (Lipinski definition) is 1. The van der Waals surface area contributed by atoms with E-state index in [0.29, 0.717) is 15.7 Å². The number of benzene rings is 3.